The van der Waals surface area contributed by atoms with Gasteiger partial charge in [0.25, 0.3) is 5.69 Å². The average Bonchev–Trinajstić information content (AvgIpc) is 2.59. The van der Waals surface area contributed by atoms with Gasteiger partial charge in [0.15, 0.2) is 0 Å². The van der Waals surface area contributed by atoms with E-state index >= 15 is 0 Å². The molecule has 2 aromatic rings. The predicted molar refractivity (Wildman–Crippen MR) is 56.6 cm³/mol. The van der Waals surface area contributed by atoms with Gasteiger partial charge in [0, 0.05) is 18.6 Å². The number of non-ortho nitro benzene ring substituents is 1. The summed E-state index contributed by atoms with van der Waals surface area (Å²) in [6.07, 6.45) is 2.36. The summed E-state index contributed by atoms with van der Waals surface area (Å²) in [6, 6.07) is 4.56. The van der Waals surface area contributed by atoms with E-state index in [0.717, 1.165) is 11.3 Å². The molecule has 0 saturated carbocycles. The molecule has 1 aromatic carbocycles. The summed E-state index contributed by atoms with van der Waals surface area (Å²) >= 11 is 0. The van der Waals surface area contributed by atoms with Gasteiger partial charge in [-0.2, -0.15) is 0 Å². The molecular formula is C10H9N3O2. The number of hydrogen-bond donors (Lipinski definition) is 1. The van der Waals surface area contributed by atoms with Crippen molar-refractivity contribution < 1.29 is 4.92 Å². The lowest BCUT2D eigenvalue weighted by atomic mass is 10.3. The number of nitro groups is 1. The van der Waals surface area contributed by atoms with Gasteiger partial charge in [-0.15, -0.1) is 6.58 Å². The minimum Gasteiger partial charge on any atom is -0.342 e. The van der Waals surface area contributed by atoms with Gasteiger partial charge >= 0.3 is 0 Å². The Balaban J connectivity index is 2.51. The average molecular weight is 203 g/mol. The van der Waals surface area contributed by atoms with Crippen molar-refractivity contribution in [3.8, 4) is 0 Å². The van der Waals surface area contributed by atoms with Crippen LogP contribution in [0.4, 0.5) is 5.69 Å². The van der Waals surface area contributed by atoms with Crippen LogP contribution in [0.1, 0.15) is 5.82 Å². The van der Waals surface area contributed by atoms with E-state index in [1.165, 1.54) is 12.1 Å². The number of H-pyrrole nitrogens is 1. The minimum absolute atomic E-state index is 0.0660. The highest BCUT2D eigenvalue weighted by molar-refractivity contribution is 5.77. The Morgan fingerprint density at radius 1 is 1.60 bits per heavy atom. The lowest BCUT2D eigenvalue weighted by molar-refractivity contribution is -0.384. The lowest BCUT2D eigenvalue weighted by Gasteiger charge is -1.89. The van der Waals surface area contributed by atoms with Gasteiger partial charge in [-0.1, -0.05) is 6.08 Å². The molecule has 5 heteroatoms. The van der Waals surface area contributed by atoms with Crippen molar-refractivity contribution >= 4 is 16.7 Å². The monoisotopic (exact) mass is 203 g/mol. The fraction of sp³-hybridized carbons (Fsp3) is 0.100. The summed E-state index contributed by atoms with van der Waals surface area (Å²) < 4.78 is 0. The van der Waals surface area contributed by atoms with Gasteiger partial charge in [-0.05, 0) is 6.07 Å². The maximum absolute atomic E-state index is 10.5. The molecule has 0 aliphatic rings. The highest BCUT2D eigenvalue weighted by Gasteiger charge is 2.08. The number of rotatable bonds is 3. The lowest BCUT2D eigenvalue weighted by Crippen LogP contribution is -1.86. The van der Waals surface area contributed by atoms with Crippen molar-refractivity contribution in [2.45, 2.75) is 6.42 Å². The van der Waals surface area contributed by atoms with E-state index in [4.69, 9.17) is 0 Å². The standard InChI is InChI=1S/C10H9N3O2/c1-2-3-10-11-8-5-4-7(13(14)15)6-9(8)12-10/h2,4-6H,1,3H2,(H,11,12). The van der Waals surface area contributed by atoms with Crippen molar-refractivity contribution in [2.24, 2.45) is 0 Å². The molecule has 0 fully saturated rings. The molecule has 0 bridgehead atoms. The second-order valence-corrected chi connectivity index (χ2v) is 3.13. The summed E-state index contributed by atoms with van der Waals surface area (Å²) in [5.74, 6) is 0.764. The van der Waals surface area contributed by atoms with Crippen LogP contribution in [0.5, 0.6) is 0 Å². The van der Waals surface area contributed by atoms with Crippen LogP contribution >= 0.6 is 0 Å². The fourth-order valence-corrected chi connectivity index (χ4v) is 1.40. The fourth-order valence-electron chi connectivity index (χ4n) is 1.40. The number of aromatic amines is 1. The predicted octanol–water partition coefficient (Wildman–Crippen LogP) is 2.20. The summed E-state index contributed by atoms with van der Waals surface area (Å²) in [5, 5.41) is 10.5. The number of allylic oxidation sites excluding steroid dienone is 1. The summed E-state index contributed by atoms with van der Waals surface area (Å²) in [7, 11) is 0. The summed E-state index contributed by atoms with van der Waals surface area (Å²) in [4.78, 5) is 17.4. The maximum Gasteiger partial charge on any atom is 0.271 e. The number of nitrogens with zero attached hydrogens (tertiary/aromatic N) is 2. The third-order valence-electron chi connectivity index (χ3n) is 2.06. The zero-order valence-electron chi connectivity index (χ0n) is 7.93. The van der Waals surface area contributed by atoms with Gasteiger partial charge < -0.3 is 4.98 Å². The molecule has 15 heavy (non-hydrogen) atoms. The van der Waals surface area contributed by atoms with Gasteiger partial charge in [-0.25, -0.2) is 4.98 Å². The van der Waals surface area contributed by atoms with Crippen molar-refractivity contribution in [2.75, 3.05) is 0 Å². The highest BCUT2D eigenvalue weighted by Crippen LogP contribution is 2.18. The van der Waals surface area contributed by atoms with Gasteiger partial charge in [0.2, 0.25) is 0 Å². The Hall–Kier alpha value is -2.17. The SMILES string of the molecule is C=CCc1nc2ccc([N+](=O)[O-])cc2[nH]1. The topological polar surface area (TPSA) is 71.8 Å². The first-order chi connectivity index (χ1) is 7.20. The van der Waals surface area contributed by atoms with Crippen LogP contribution in [0.2, 0.25) is 0 Å². The molecule has 76 valence electrons. The van der Waals surface area contributed by atoms with Crippen molar-refractivity contribution in [3.63, 3.8) is 0 Å². The van der Waals surface area contributed by atoms with Crippen LogP contribution in [0.3, 0.4) is 0 Å². The molecule has 0 aliphatic carbocycles. The third-order valence-corrected chi connectivity index (χ3v) is 2.06. The molecule has 0 aliphatic heterocycles. The number of fused-ring (bicyclic) bond motifs is 1. The zero-order valence-corrected chi connectivity index (χ0v) is 7.93. The molecular weight excluding hydrogens is 194 g/mol. The molecule has 1 N–H and O–H groups in total. The number of nitrogens with one attached hydrogen (secondary N) is 1. The molecule has 0 unspecified atom stereocenters. The van der Waals surface area contributed by atoms with Crippen LogP contribution < -0.4 is 0 Å². The molecule has 2 rings (SSSR count). The largest absolute Gasteiger partial charge is 0.342 e. The Labute approximate surface area is 85.6 Å². The Kier molecular flexibility index (Phi) is 2.21. The van der Waals surface area contributed by atoms with Crippen molar-refractivity contribution in [1.82, 2.24) is 9.97 Å². The molecule has 0 spiro atoms. The second-order valence-electron chi connectivity index (χ2n) is 3.13. The molecule has 0 radical (unpaired) electrons. The summed E-state index contributed by atoms with van der Waals surface area (Å²) in [6.45, 7) is 3.60. The zero-order chi connectivity index (χ0) is 10.8. The van der Waals surface area contributed by atoms with E-state index in [0.29, 0.717) is 11.9 Å². The third kappa shape index (κ3) is 1.71. The van der Waals surface area contributed by atoms with Crippen LogP contribution in [-0.2, 0) is 6.42 Å². The minimum atomic E-state index is -0.423. The van der Waals surface area contributed by atoms with E-state index in [1.54, 1.807) is 12.1 Å². The number of benzene rings is 1. The molecule has 0 amide bonds. The quantitative estimate of drug-likeness (QED) is 0.472. The molecule has 0 saturated heterocycles. The van der Waals surface area contributed by atoms with Crippen LogP contribution in [-0.4, -0.2) is 14.9 Å². The Morgan fingerprint density at radius 3 is 3.07 bits per heavy atom. The van der Waals surface area contributed by atoms with E-state index < -0.39 is 4.92 Å². The Bertz CT molecular complexity index is 530. The molecule has 0 atom stereocenters. The second kappa shape index (κ2) is 3.53. The van der Waals surface area contributed by atoms with Crippen molar-refractivity contribution in [1.29, 1.82) is 0 Å². The van der Waals surface area contributed by atoms with Gasteiger partial charge in [0.1, 0.15) is 5.82 Å². The number of aromatic nitrogens is 2. The van der Waals surface area contributed by atoms with E-state index in [1.807, 2.05) is 0 Å². The smallest absolute Gasteiger partial charge is 0.271 e. The van der Waals surface area contributed by atoms with Gasteiger partial charge in [-0.3, -0.25) is 10.1 Å². The first-order valence-electron chi connectivity index (χ1n) is 4.44. The van der Waals surface area contributed by atoms with Crippen LogP contribution in [0.15, 0.2) is 30.9 Å². The van der Waals surface area contributed by atoms with Crippen LogP contribution in [0, 0.1) is 10.1 Å². The number of imidazole rings is 1. The van der Waals surface area contributed by atoms with E-state index in [-0.39, 0.29) is 5.69 Å². The van der Waals surface area contributed by atoms with Crippen LogP contribution in [0.25, 0.3) is 11.0 Å². The van der Waals surface area contributed by atoms with Crippen molar-refractivity contribution in [3.05, 3.63) is 46.8 Å². The van der Waals surface area contributed by atoms with E-state index in [9.17, 15) is 10.1 Å². The summed E-state index contributed by atoms with van der Waals surface area (Å²) in [5.41, 5.74) is 1.48. The number of nitro benzene ring substituents is 1. The van der Waals surface area contributed by atoms with E-state index in [2.05, 4.69) is 16.5 Å². The molecule has 5 nitrogen and oxygen atoms in total. The first-order valence-corrected chi connectivity index (χ1v) is 4.44. The maximum atomic E-state index is 10.5. The van der Waals surface area contributed by atoms with Gasteiger partial charge in [0.05, 0.1) is 16.0 Å². The molecule has 1 heterocycles. The first kappa shape index (κ1) is 9.39. The molecule has 1 aromatic heterocycles. The normalized spacial score (nSPS) is 10.4. The number of hydrogen-bond acceptors (Lipinski definition) is 3. The highest BCUT2D eigenvalue weighted by atomic mass is 16.6. The Morgan fingerprint density at radius 2 is 2.40 bits per heavy atom.